The van der Waals surface area contributed by atoms with Gasteiger partial charge in [-0.2, -0.15) is 5.26 Å². The summed E-state index contributed by atoms with van der Waals surface area (Å²) >= 11 is 0. The summed E-state index contributed by atoms with van der Waals surface area (Å²) in [5, 5.41) is 8.88. The molecule has 2 nitrogen and oxygen atoms in total. The number of hydrogen-bond acceptors (Lipinski definition) is 2. The highest BCUT2D eigenvalue weighted by atomic mass is 15.1. The molecule has 0 unspecified atom stereocenters. The third-order valence-corrected chi connectivity index (χ3v) is 1.93. The van der Waals surface area contributed by atoms with Crippen molar-refractivity contribution in [2.75, 3.05) is 18.5 Å². The van der Waals surface area contributed by atoms with E-state index in [1.807, 2.05) is 43.1 Å². The van der Waals surface area contributed by atoms with Gasteiger partial charge in [0.05, 0.1) is 17.8 Å². The Kier molecular flexibility index (Phi) is 3.58. The van der Waals surface area contributed by atoms with Crippen LogP contribution in [0.1, 0.15) is 12.5 Å². The number of rotatable bonds is 2. The highest BCUT2D eigenvalue weighted by Gasteiger charge is 2.03. The molecule has 14 heavy (non-hydrogen) atoms. The lowest BCUT2D eigenvalue weighted by Gasteiger charge is -2.16. The van der Waals surface area contributed by atoms with Gasteiger partial charge in [0.15, 0.2) is 0 Å². The van der Waals surface area contributed by atoms with E-state index in [9.17, 15) is 0 Å². The second-order valence-corrected chi connectivity index (χ2v) is 2.91. The lowest BCUT2D eigenvalue weighted by atomic mass is 10.2. The number of para-hydroxylation sites is 1. The highest BCUT2D eigenvalue weighted by Crippen LogP contribution is 2.17. The first-order chi connectivity index (χ1) is 6.79. The summed E-state index contributed by atoms with van der Waals surface area (Å²) in [6, 6.07) is 9.69. The van der Waals surface area contributed by atoms with E-state index >= 15 is 0 Å². The number of anilines is 1. The van der Waals surface area contributed by atoms with Crippen LogP contribution in [0.4, 0.5) is 5.69 Å². The summed E-state index contributed by atoms with van der Waals surface area (Å²) in [4.78, 5) is 1.97. The number of nitrogens with zero attached hydrogens (tertiary/aromatic N) is 2. The van der Waals surface area contributed by atoms with E-state index in [2.05, 4.69) is 17.9 Å². The van der Waals surface area contributed by atoms with E-state index in [1.165, 1.54) is 0 Å². The second kappa shape index (κ2) is 4.94. The topological polar surface area (TPSA) is 27.0 Å². The van der Waals surface area contributed by atoms with Gasteiger partial charge < -0.3 is 4.90 Å². The highest BCUT2D eigenvalue weighted by molar-refractivity contribution is 5.59. The molecule has 0 fully saturated rings. The summed E-state index contributed by atoms with van der Waals surface area (Å²) in [7, 11) is 1.93. The molecule has 1 aromatic rings. The van der Waals surface area contributed by atoms with E-state index in [0.717, 1.165) is 5.69 Å². The van der Waals surface area contributed by atoms with Crippen LogP contribution in [0.25, 0.3) is 0 Å². The van der Waals surface area contributed by atoms with Crippen molar-refractivity contribution in [3.8, 4) is 17.9 Å². The monoisotopic (exact) mass is 184 g/mol. The third kappa shape index (κ3) is 2.28. The molecule has 0 atom stereocenters. The zero-order chi connectivity index (χ0) is 10.4. The minimum atomic E-state index is 0.648. The van der Waals surface area contributed by atoms with Crippen LogP contribution >= 0.6 is 0 Å². The molecule has 0 aliphatic carbocycles. The minimum Gasteiger partial charge on any atom is -0.362 e. The van der Waals surface area contributed by atoms with Crippen molar-refractivity contribution in [1.82, 2.24) is 0 Å². The van der Waals surface area contributed by atoms with Gasteiger partial charge in [0.25, 0.3) is 0 Å². The standard InChI is InChI=1S/C12H12N2/c1-3-4-9-14(2)12-8-6-5-7-11(12)10-13/h5-8H,9H2,1-2H3. The van der Waals surface area contributed by atoms with Gasteiger partial charge in [-0.15, -0.1) is 5.92 Å². The van der Waals surface area contributed by atoms with Crippen LogP contribution in [0, 0.1) is 23.2 Å². The van der Waals surface area contributed by atoms with Crippen LogP contribution in [0.5, 0.6) is 0 Å². The molecule has 0 saturated heterocycles. The maximum atomic E-state index is 8.88. The molecule has 1 aromatic carbocycles. The Morgan fingerprint density at radius 2 is 2.07 bits per heavy atom. The molecule has 0 aromatic heterocycles. The average molecular weight is 184 g/mol. The van der Waals surface area contributed by atoms with Crippen LogP contribution in [0.15, 0.2) is 24.3 Å². The molecule has 0 spiro atoms. The SMILES string of the molecule is CC#CCN(C)c1ccccc1C#N. The van der Waals surface area contributed by atoms with E-state index < -0.39 is 0 Å². The van der Waals surface area contributed by atoms with Crippen LogP contribution in [0.2, 0.25) is 0 Å². The lowest BCUT2D eigenvalue weighted by molar-refractivity contribution is 1.05. The Morgan fingerprint density at radius 3 is 2.71 bits per heavy atom. The van der Waals surface area contributed by atoms with E-state index in [1.54, 1.807) is 0 Å². The normalized spacial score (nSPS) is 8.36. The van der Waals surface area contributed by atoms with Crippen molar-refractivity contribution in [2.24, 2.45) is 0 Å². The van der Waals surface area contributed by atoms with E-state index in [-0.39, 0.29) is 0 Å². The van der Waals surface area contributed by atoms with Gasteiger partial charge in [-0.1, -0.05) is 18.1 Å². The van der Waals surface area contributed by atoms with Crippen molar-refractivity contribution in [2.45, 2.75) is 6.92 Å². The molecule has 0 N–H and O–H groups in total. The molecular formula is C12H12N2. The van der Waals surface area contributed by atoms with E-state index in [0.29, 0.717) is 12.1 Å². The van der Waals surface area contributed by atoms with Gasteiger partial charge in [0.1, 0.15) is 6.07 Å². The predicted octanol–water partition coefficient (Wildman–Crippen LogP) is 2.02. The van der Waals surface area contributed by atoms with Crippen LogP contribution < -0.4 is 4.90 Å². The molecule has 0 amide bonds. The summed E-state index contributed by atoms with van der Waals surface area (Å²) < 4.78 is 0. The third-order valence-electron chi connectivity index (χ3n) is 1.93. The smallest absolute Gasteiger partial charge is 0.101 e. The minimum absolute atomic E-state index is 0.648. The maximum Gasteiger partial charge on any atom is 0.101 e. The fourth-order valence-electron chi connectivity index (χ4n) is 1.18. The van der Waals surface area contributed by atoms with Crippen molar-refractivity contribution < 1.29 is 0 Å². The quantitative estimate of drug-likeness (QED) is 0.657. The van der Waals surface area contributed by atoms with Gasteiger partial charge in [-0.05, 0) is 19.1 Å². The van der Waals surface area contributed by atoms with Crippen LogP contribution in [0.3, 0.4) is 0 Å². The van der Waals surface area contributed by atoms with Crippen molar-refractivity contribution in [3.63, 3.8) is 0 Å². The van der Waals surface area contributed by atoms with Crippen molar-refractivity contribution >= 4 is 5.69 Å². The van der Waals surface area contributed by atoms with Crippen molar-refractivity contribution in [3.05, 3.63) is 29.8 Å². The van der Waals surface area contributed by atoms with Gasteiger partial charge in [-0.25, -0.2) is 0 Å². The number of nitriles is 1. The first-order valence-electron chi connectivity index (χ1n) is 4.39. The van der Waals surface area contributed by atoms with Gasteiger partial charge >= 0.3 is 0 Å². The predicted molar refractivity (Wildman–Crippen MR) is 57.9 cm³/mol. The van der Waals surface area contributed by atoms with Gasteiger partial charge in [0.2, 0.25) is 0 Å². The van der Waals surface area contributed by atoms with Crippen LogP contribution in [-0.4, -0.2) is 13.6 Å². The second-order valence-electron chi connectivity index (χ2n) is 2.91. The van der Waals surface area contributed by atoms with Crippen molar-refractivity contribution in [1.29, 1.82) is 5.26 Å². The summed E-state index contributed by atoms with van der Waals surface area (Å²) in [6.45, 7) is 2.46. The Bertz CT molecular complexity index is 404. The maximum absolute atomic E-state index is 8.88. The summed E-state index contributed by atoms with van der Waals surface area (Å²) in [5.41, 5.74) is 1.62. The van der Waals surface area contributed by atoms with E-state index in [4.69, 9.17) is 5.26 Å². The molecule has 0 saturated carbocycles. The average Bonchev–Trinajstić information content (AvgIpc) is 2.25. The Balaban J connectivity index is 2.93. The molecule has 0 radical (unpaired) electrons. The lowest BCUT2D eigenvalue weighted by Crippen LogP contribution is -2.18. The Morgan fingerprint density at radius 1 is 1.36 bits per heavy atom. The summed E-state index contributed by atoms with van der Waals surface area (Å²) in [5.74, 6) is 5.80. The molecule has 1 rings (SSSR count). The largest absolute Gasteiger partial charge is 0.362 e. The Hall–Kier alpha value is -1.93. The molecule has 0 heterocycles. The number of benzene rings is 1. The zero-order valence-corrected chi connectivity index (χ0v) is 8.41. The first-order valence-corrected chi connectivity index (χ1v) is 4.39. The molecule has 0 bridgehead atoms. The number of hydrogen-bond donors (Lipinski definition) is 0. The molecule has 0 aliphatic rings. The van der Waals surface area contributed by atoms with Gasteiger partial charge in [-0.3, -0.25) is 0 Å². The first kappa shape index (κ1) is 10.2. The molecular weight excluding hydrogens is 172 g/mol. The summed E-state index contributed by atoms with van der Waals surface area (Å²) in [6.07, 6.45) is 0. The van der Waals surface area contributed by atoms with Crippen LogP contribution in [-0.2, 0) is 0 Å². The molecule has 2 heteroatoms. The Labute approximate surface area is 84.8 Å². The van der Waals surface area contributed by atoms with Gasteiger partial charge in [0, 0.05) is 7.05 Å². The molecule has 70 valence electrons. The fraction of sp³-hybridized carbons (Fsp3) is 0.250. The zero-order valence-electron chi connectivity index (χ0n) is 8.41. The molecule has 0 aliphatic heterocycles. The fourth-order valence-corrected chi connectivity index (χ4v) is 1.18.